The first-order valence-electron chi connectivity index (χ1n) is 20.1. The van der Waals surface area contributed by atoms with Gasteiger partial charge in [-0.1, -0.05) is 61.8 Å². The molecule has 0 bridgehead atoms. The predicted octanol–water partition coefficient (Wildman–Crippen LogP) is 8.16. The highest BCUT2D eigenvalue weighted by Gasteiger charge is 2.21. The summed E-state index contributed by atoms with van der Waals surface area (Å²) in [5.74, 6) is 3.36. The van der Waals surface area contributed by atoms with Gasteiger partial charge in [0.05, 0.1) is 6.10 Å². The highest BCUT2D eigenvalue weighted by molar-refractivity contribution is 4.78. The first-order chi connectivity index (χ1) is 22.0. The van der Waals surface area contributed by atoms with E-state index in [1.165, 1.54) is 142 Å². The Morgan fingerprint density at radius 1 is 0.587 bits per heavy atom. The third-order valence-corrected chi connectivity index (χ3v) is 10.3. The van der Waals surface area contributed by atoms with Crippen LogP contribution in [0.25, 0.3) is 0 Å². The van der Waals surface area contributed by atoms with Crippen LogP contribution in [-0.2, 0) is 4.74 Å². The number of piperidine rings is 1. The van der Waals surface area contributed by atoms with Gasteiger partial charge >= 0.3 is 0 Å². The average molecular weight is 652 g/mol. The molecular weight excluding hydrogens is 566 g/mol. The van der Waals surface area contributed by atoms with Crippen molar-refractivity contribution in [3.05, 3.63) is 0 Å². The minimum atomic E-state index is 0.624. The van der Waals surface area contributed by atoms with E-state index >= 15 is 0 Å². The smallest absolute Gasteiger partial charge is 0.0575 e. The van der Waals surface area contributed by atoms with Crippen molar-refractivity contribution >= 4 is 0 Å². The molecule has 4 fully saturated rings. The molecule has 4 rings (SSSR count). The van der Waals surface area contributed by atoms with Crippen LogP contribution in [0.1, 0.15) is 139 Å². The summed E-state index contributed by atoms with van der Waals surface area (Å²) in [6.45, 7) is 30.4. The molecule has 6 heteroatoms. The van der Waals surface area contributed by atoms with Crippen LogP contribution in [0.4, 0.5) is 0 Å². The summed E-state index contributed by atoms with van der Waals surface area (Å²) in [6.07, 6.45) is 18.3. The first kappa shape index (κ1) is 43.8. The minimum Gasteiger partial charge on any atom is -0.378 e. The lowest BCUT2D eigenvalue weighted by molar-refractivity contribution is -0.00222. The minimum absolute atomic E-state index is 0.624. The molecule has 0 aromatic heterocycles. The number of nitrogens with zero attached hydrogens (tertiary/aromatic N) is 3. The van der Waals surface area contributed by atoms with Crippen LogP contribution in [0, 0.1) is 23.7 Å². The molecule has 0 spiro atoms. The molecule has 2 aliphatic heterocycles. The fourth-order valence-electron chi connectivity index (χ4n) is 6.03. The standard InChI is InChI=1S/C11H24N2.C10H22N2.C10H21N.C9H18O/c1-10(2)6-9-13(3)11-4-7-12-8-5-11;1-10(2)4-3-7-12-8-5-11-6-9-12;1-9(2)7-8-11(3)10-5-4-6-10;1-8(2)6-7-10-9-4-3-5-9/h10-12H,4-9H2,1-3H3;10-11H,3-9H2,1-2H3;9-10H,4-8H2,1-3H3;8-9H,3-7H2,1-2H3. The second kappa shape index (κ2) is 27.6. The SMILES string of the molecule is CC(C)CCCN1CCNCC1.CC(C)CCN(C)C1CCC1.CC(C)CCN(C)C1CCNCC1.CC(C)CCOC1CCC1. The summed E-state index contributed by atoms with van der Waals surface area (Å²) in [6, 6.07) is 1.76. The van der Waals surface area contributed by atoms with Gasteiger partial charge in [0.15, 0.2) is 0 Å². The summed E-state index contributed by atoms with van der Waals surface area (Å²) in [4.78, 5) is 7.64. The highest BCUT2D eigenvalue weighted by Crippen LogP contribution is 2.24. The molecule has 0 aromatic carbocycles. The molecule has 2 N–H and O–H groups in total. The van der Waals surface area contributed by atoms with Crippen molar-refractivity contribution in [3.8, 4) is 0 Å². The molecule has 0 atom stereocenters. The molecule has 0 unspecified atom stereocenters. The summed E-state index contributed by atoms with van der Waals surface area (Å²) >= 11 is 0. The monoisotopic (exact) mass is 652 g/mol. The maximum Gasteiger partial charge on any atom is 0.0575 e. The zero-order valence-electron chi connectivity index (χ0n) is 33.1. The zero-order chi connectivity index (χ0) is 34.2. The quantitative estimate of drug-likeness (QED) is 0.176. The van der Waals surface area contributed by atoms with E-state index < -0.39 is 0 Å². The van der Waals surface area contributed by atoms with Crippen molar-refractivity contribution in [1.29, 1.82) is 0 Å². The molecule has 0 radical (unpaired) electrons. The summed E-state index contributed by atoms with van der Waals surface area (Å²) in [5.41, 5.74) is 0. The Hall–Kier alpha value is -0.240. The Labute approximate surface area is 289 Å². The van der Waals surface area contributed by atoms with Crippen molar-refractivity contribution in [1.82, 2.24) is 25.3 Å². The Bertz CT molecular complexity index is 652. The van der Waals surface area contributed by atoms with Gasteiger partial charge in [0, 0.05) is 44.9 Å². The van der Waals surface area contributed by atoms with Crippen molar-refractivity contribution in [2.45, 2.75) is 157 Å². The van der Waals surface area contributed by atoms with Crippen molar-refractivity contribution in [2.75, 3.05) is 79.6 Å². The third-order valence-electron chi connectivity index (χ3n) is 10.3. The van der Waals surface area contributed by atoms with E-state index in [-0.39, 0.29) is 0 Å². The van der Waals surface area contributed by atoms with Crippen LogP contribution < -0.4 is 10.6 Å². The molecule has 4 aliphatic rings. The topological polar surface area (TPSA) is 43.0 Å². The van der Waals surface area contributed by atoms with Gasteiger partial charge in [-0.25, -0.2) is 0 Å². The Kier molecular flexibility index (Phi) is 26.2. The van der Waals surface area contributed by atoms with Gasteiger partial charge in [0.25, 0.3) is 0 Å². The predicted molar refractivity (Wildman–Crippen MR) is 204 cm³/mol. The normalized spacial score (nSPS) is 19.8. The van der Waals surface area contributed by atoms with Gasteiger partial charge < -0.3 is 30.1 Å². The maximum atomic E-state index is 5.59. The fourth-order valence-corrected chi connectivity index (χ4v) is 6.03. The van der Waals surface area contributed by atoms with Crippen LogP contribution in [0.5, 0.6) is 0 Å². The molecule has 46 heavy (non-hydrogen) atoms. The first-order valence-corrected chi connectivity index (χ1v) is 20.1. The molecule has 6 nitrogen and oxygen atoms in total. The third kappa shape index (κ3) is 24.0. The molecule has 276 valence electrons. The van der Waals surface area contributed by atoms with Gasteiger partial charge in [-0.15, -0.1) is 0 Å². The summed E-state index contributed by atoms with van der Waals surface area (Å²) in [7, 11) is 4.55. The molecular formula is C40H85N5O. The summed E-state index contributed by atoms with van der Waals surface area (Å²) in [5, 5.41) is 6.78. The second-order valence-corrected chi connectivity index (χ2v) is 16.6. The van der Waals surface area contributed by atoms with Gasteiger partial charge in [0.1, 0.15) is 0 Å². The van der Waals surface area contributed by atoms with Crippen LogP contribution in [0.15, 0.2) is 0 Å². The van der Waals surface area contributed by atoms with E-state index in [1.54, 1.807) is 0 Å². The van der Waals surface area contributed by atoms with E-state index in [2.05, 4.69) is 94.8 Å². The van der Waals surface area contributed by atoms with Crippen LogP contribution >= 0.6 is 0 Å². The lowest BCUT2D eigenvalue weighted by Crippen LogP contribution is -2.43. The Morgan fingerprint density at radius 2 is 1.04 bits per heavy atom. The van der Waals surface area contributed by atoms with Crippen molar-refractivity contribution in [3.63, 3.8) is 0 Å². The van der Waals surface area contributed by atoms with E-state index in [0.29, 0.717) is 6.10 Å². The average Bonchev–Trinajstić information content (AvgIpc) is 2.97. The van der Waals surface area contributed by atoms with E-state index in [1.807, 2.05) is 0 Å². The number of rotatable bonds is 16. The number of piperazine rings is 1. The Morgan fingerprint density at radius 3 is 1.46 bits per heavy atom. The molecule has 2 aliphatic carbocycles. The van der Waals surface area contributed by atoms with E-state index in [9.17, 15) is 0 Å². The number of hydrogen-bond donors (Lipinski definition) is 2. The van der Waals surface area contributed by atoms with Gasteiger partial charge in [-0.3, -0.25) is 0 Å². The molecule has 2 saturated carbocycles. The van der Waals surface area contributed by atoms with E-state index in [0.717, 1.165) is 42.4 Å². The fraction of sp³-hybridized carbons (Fsp3) is 1.00. The van der Waals surface area contributed by atoms with Gasteiger partial charge in [-0.05, 0) is 148 Å². The van der Waals surface area contributed by atoms with Crippen LogP contribution in [0.3, 0.4) is 0 Å². The van der Waals surface area contributed by atoms with Crippen LogP contribution in [0.2, 0.25) is 0 Å². The molecule has 0 amide bonds. The molecule has 0 aromatic rings. The number of ether oxygens (including phenoxy) is 1. The Balaban J connectivity index is 0.000000308. The van der Waals surface area contributed by atoms with Gasteiger partial charge in [-0.2, -0.15) is 0 Å². The lowest BCUT2D eigenvalue weighted by Gasteiger charge is -2.35. The number of nitrogens with one attached hydrogen (secondary N) is 2. The molecule has 2 heterocycles. The largest absolute Gasteiger partial charge is 0.378 e. The second-order valence-electron chi connectivity index (χ2n) is 16.6. The van der Waals surface area contributed by atoms with E-state index in [4.69, 9.17) is 4.74 Å². The number of hydrogen-bond acceptors (Lipinski definition) is 6. The van der Waals surface area contributed by atoms with Crippen molar-refractivity contribution in [2.24, 2.45) is 23.7 Å². The van der Waals surface area contributed by atoms with Crippen LogP contribution in [-0.4, -0.2) is 112 Å². The van der Waals surface area contributed by atoms with Crippen molar-refractivity contribution < 1.29 is 4.74 Å². The van der Waals surface area contributed by atoms with Gasteiger partial charge in [0.2, 0.25) is 0 Å². The highest BCUT2D eigenvalue weighted by atomic mass is 16.5. The zero-order valence-corrected chi connectivity index (χ0v) is 33.1. The lowest BCUT2D eigenvalue weighted by atomic mass is 9.91. The molecule has 2 saturated heterocycles. The summed E-state index contributed by atoms with van der Waals surface area (Å²) < 4.78 is 5.59. The maximum absolute atomic E-state index is 5.59.